The van der Waals surface area contributed by atoms with Crippen LogP contribution in [0, 0.1) is 0 Å². The summed E-state index contributed by atoms with van der Waals surface area (Å²) in [7, 11) is 1.93. The van der Waals surface area contributed by atoms with Gasteiger partial charge in [0.1, 0.15) is 0 Å². The lowest BCUT2D eigenvalue weighted by atomic mass is 10.2. The van der Waals surface area contributed by atoms with E-state index in [-0.39, 0.29) is 0 Å². The van der Waals surface area contributed by atoms with E-state index in [0.29, 0.717) is 6.04 Å². The third kappa shape index (κ3) is 2.65. The van der Waals surface area contributed by atoms with E-state index >= 15 is 0 Å². The quantitative estimate of drug-likeness (QED) is 0.440. The van der Waals surface area contributed by atoms with E-state index in [2.05, 4.69) is 12.2 Å². The Morgan fingerprint density at radius 2 is 2.43 bits per heavy atom. The molecule has 0 aromatic carbocycles. The van der Waals surface area contributed by atoms with E-state index in [1.54, 1.807) is 0 Å². The highest BCUT2D eigenvalue weighted by atomic mass is 14.8. The van der Waals surface area contributed by atoms with Gasteiger partial charge in [-0.1, -0.05) is 6.92 Å². The third-order valence-corrected chi connectivity index (χ3v) is 1.19. The highest BCUT2D eigenvalue weighted by Crippen LogP contribution is 1.82. The number of nitrogens with one attached hydrogen (secondary N) is 1. The zero-order chi connectivity index (χ0) is 5.70. The van der Waals surface area contributed by atoms with Crippen molar-refractivity contribution in [3.63, 3.8) is 0 Å². The predicted octanol–water partition coefficient (Wildman–Crippen LogP) is -1.14. The molecule has 7 heavy (non-hydrogen) atoms. The summed E-state index contributed by atoms with van der Waals surface area (Å²) in [6.45, 7) is 2.86. The lowest BCUT2D eigenvalue weighted by Crippen LogP contribution is -2.33. The maximum absolute atomic E-state index is 5.33. The van der Waals surface area contributed by atoms with Gasteiger partial charge in [-0.05, 0) is 6.42 Å². The molecule has 1 atom stereocenters. The SMILES string of the molecule is BN[C@H](CC)CN. The molecular weight excluding hydrogens is 86.9 g/mol. The molecule has 0 radical (unpaired) electrons. The zero-order valence-corrected chi connectivity index (χ0v) is 5.07. The molecule has 0 saturated heterocycles. The first-order valence-electron chi connectivity index (χ1n) is 2.72. The summed E-state index contributed by atoms with van der Waals surface area (Å²) in [5.41, 5.74) is 5.33. The zero-order valence-electron chi connectivity index (χ0n) is 5.07. The normalized spacial score (nSPS) is 14.0. The number of hydrogen-bond acceptors (Lipinski definition) is 2. The average molecular weight is 100.0 g/mol. The van der Waals surface area contributed by atoms with Crippen LogP contribution in [0.15, 0.2) is 0 Å². The molecule has 3 heteroatoms. The molecule has 0 amide bonds. The Balaban J connectivity index is 2.99. The molecule has 2 nitrogen and oxygen atoms in total. The van der Waals surface area contributed by atoms with E-state index < -0.39 is 0 Å². The summed E-state index contributed by atoms with van der Waals surface area (Å²) in [6.07, 6.45) is 1.12. The topological polar surface area (TPSA) is 38.0 Å². The first kappa shape index (κ1) is 6.98. The molecule has 0 unspecified atom stereocenters. The highest BCUT2D eigenvalue weighted by Gasteiger charge is 1.94. The van der Waals surface area contributed by atoms with Crippen molar-refractivity contribution in [2.45, 2.75) is 19.4 Å². The van der Waals surface area contributed by atoms with Gasteiger partial charge in [-0.2, -0.15) is 0 Å². The van der Waals surface area contributed by atoms with Gasteiger partial charge >= 0.3 is 0 Å². The van der Waals surface area contributed by atoms with Gasteiger partial charge in [-0.25, -0.2) is 0 Å². The molecule has 0 spiro atoms. The van der Waals surface area contributed by atoms with Crippen LogP contribution in [0.5, 0.6) is 0 Å². The van der Waals surface area contributed by atoms with Gasteiger partial charge in [0, 0.05) is 12.6 Å². The van der Waals surface area contributed by atoms with Gasteiger partial charge in [0.25, 0.3) is 0 Å². The van der Waals surface area contributed by atoms with Gasteiger partial charge in [0.15, 0.2) is 7.98 Å². The molecule has 3 N–H and O–H groups in total. The van der Waals surface area contributed by atoms with Crippen molar-refractivity contribution < 1.29 is 0 Å². The van der Waals surface area contributed by atoms with E-state index in [1.165, 1.54) is 0 Å². The standard InChI is InChI=1S/C4H13BN2/c1-2-4(3-6)7-5/h4,7H,2-3,5-6H2,1H3/t4-/m1/s1. The fourth-order valence-corrected chi connectivity index (χ4v) is 0.489. The summed E-state index contributed by atoms with van der Waals surface area (Å²) < 4.78 is 0. The van der Waals surface area contributed by atoms with Crippen molar-refractivity contribution in [2.75, 3.05) is 6.54 Å². The highest BCUT2D eigenvalue weighted by molar-refractivity contribution is 6.04. The van der Waals surface area contributed by atoms with Crippen LogP contribution in [0.25, 0.3) is 0 Å². The molecule has 0 bridgehead atoms. The molecule has 0 fully saturated rings. The summed E-state index contributed by atoms with van der Waals surface area (Å²) in [5.74, 6) is 0. The molecule has 0 saturated carbocycles. The largest absolute Gasteiger partial charge is 0.358 e. The van der Waals surface area contributed by atoms with Crippen molar-refractivity contribution in [1.82, 2.24) is 5.23 Å². The number of rotatable bonds is 3. The lowest BCUT2D eigenvalue weighted by Gasteiger charge is -2.08. The first-order valence-corrected chi connectivity index (χ1v) is 2.72. The van der Waals surface area contributed by atoms with Gasteiger partial charge in [-0.3, -0.25) is 0 Å². The predicted molar refractivity (Wildman–Crippen MR) is 34.8 cm³/mol. The Bertz CT molecular complexity index is 31.2. The smallest absolute Gasteiger partial charge is 0.182 e. The molecule has 0 heterocycles. The van der Waals surface area contributed by atoms with E-state index in [0.717, 1.165) is 13.0 Å². The van der Waals surface area contributed by atoms with Crippen LogP contribution in [0.3, 0.4) is 0 Å². The van der Waals surface area contributed by atoms with Crippen molar-refractivity contribution in [3.05, 3.63) is 0 Å². The molecule has 0 aromatic heterocycles. The maximum Gasteiger partial charge on any atom is 0.182 e. The maximum atomic E-state index is 5.33. The molecule has 0 aliphatic heterocycles. The molecule has 0 aliphatic carbocycles. The molecule has 0 aliphatic rings. The van der Waals surface area contributed by atoms with E-state index in [4.69, 9.17) is 5.73 Å². The minimum absolute atomic E-state index is 0.514. The minimum atomic E-state index is 0.514. The fourth-order valence-electron chi connectivity index (χ4n) is 0.489. The Labute approximate surface area is 45.9 Å². The van der Waals surface area contributed by atoms with Gasteiger partial charge in [0.05, 0.1) is 0 Å². The number of hydrogen-bond donors (Lipinski definition) is 2. The van der Waals surface area contributed by atoms with Crippen LogP contribution >= 0.6 is 0 Å². The van der Waals surface area contributed by atoms with Gasteiger partial charge in [-0.15, -0.1) is 0 Å². The van der Waals surface area contributed by atoms with Crippen LogP contribution < -0.4 is 11.0 Å². The second-order valence-electron chi connectivity index (χ2n) is 1.63. The van der Waals surface area contributed by atoms with E-state index in [1.807, 2.05) is 7.98 Å². The Morgan fingerprint density at radius 1 is 1.86 bits per heavy atom. The fraction of sp³-hybridized carbons (Fsp3) is 1.00. The Hall–Kier alpha value is -0.0151. The first-order chi connectivity index (χ1) is 3.35. The van der Waals surface area contributed by atoms with Crippen molar-refractivity contribution in [3.8, 4) is 0 Å². The molecule has 0 aromatic rings. The summed E-state index contributed by atoms with van der Waals surface area (Å²) >= 11 is 0. The summed E-state index contributed by atoms with van der Waals surface area (Å²) in [4.78, 5) is 0. The minimum Gasteiger partial charge on any atom is -0.358 e. The Kier molecular flexibility index (Phi) is 4.14. The second kappa shape index (κ2) is 4.15. The molecular formula is C4H13BN2. The second-order valence-corrected chi connectivity index (χ2v) is 1.63. The van der Waals surface area contributed by atoms with Gasteiger partial charge in [0.2, 0.25) is 0 Å². The third-order valence-electron chi connectivity index (χ3n) is 1.19. The van der Waals surface area contributed by atoms with Crippen LogP contribution in [0.1, 0.15) is 13.3 Å². The van der Waals surface area contributed by atoms with Crippen molar-refractivity contribution in [2.24, 2.45) is 5.73 Å². The lowest BCUT2D eigenvalue weighted by molar-refractivity contribution is 0.614. The average Bonchev–Trinajstić information content (AvgIpc) is 1.72. The van der Waals surface area contributed by atoms with Crippen LogP contribution in [0.2, 0.25) is 0 Å². The number of nitrogens with two attached hydrogens (primary N) is 1. The van der Waals surface area contributed by atoms with E-state index in [9.17, 15) is 0 Å². The van der Waals surface area contributed by atoms with Crippen LogP contribution in [0.4, 0.5) is 0 Å². The summed E-state index contributed by atoms with van der Waals surface area (Å²) in [6, 6.07) is 0.514. The molecule has 42 valence electrons. The van der Waals surface area contributed by atoms with Crippen LogP contribution in [-0.2, 0) is 0 Å². The van der Waals surface area contributed by atoms with Gasteiger partial charge < -0.3 is 11.0 Å². The summed E-state index contributed by atoms with van der Waals surface area (Å²) in [5, 5.41) is 3.08. The Morgan fingerprint density at radius 3 is 2.43 bits per heavy atom. The van der Waals surface area contributed by atoms with Crippen LogP contribution in [-0.4, -0.2) is 20.6 Å². The molecule has 0 rings (SSSR count). The van der Waals surface area contributed by atoms with Crippen molar-refractivity contribution >= 4 is 7.98 Å². The monoisotopic (exact) mass is 100 g/mol. The van der Waals surface area contributed by atoms with Crippen molar-refractivity contribution in [1.29, 1.82) is 0 Å².